The van der Waals surface area contributed by atoms with Gasteiger partial charge in [-0.2, -0.15) is 0 Å². The van der Waals surface area contributed by atoms with E-state index >= 15 is 0 Å². The maximum Gasteiger partial charge on any atom is 0.273 e. The number of nitrogens with two attached hydrogens (primary N) is 1. The number of carbonyl (C=O) groups excluding carboxylic acids is 2. The van der Waals surface area contributed by atoms with Crippen molar-refractivity contribution in [3.8, 4) is 5.88 Å². The van der Waals surface area contributed by atoms with Gasteiger partial charge in [0.2, 0.25) is 11.8 Å². The van der Waals surface area contributed by atoms with Crippen LogP contribution in [-0.2, 0) is 10.5 Å². The van der Waals surface area contributed by atoms with Crippen LogP contribution in [0.5, 0.6) is 5.88 Å². The second kappa shape index (κ2) is 6.63. The van der Waals surface area contributed by atoms with Gasteiger partial charge in [-0.3, -0.25) is 9.59 Å². The van der Waals surface area contributed by atoms with Gasteiger partial charge >= 0.3 is 0 Å². The van der Waals surface area contributed by atoms with Crippen LogP contribution in [0.25, 0.3) is 0 Å². The molecule has 0 spiro atoms. The van der Waals surface area contributed by atoms with Crippen LogP contribution in [0.1, 0.15) is 54.6 Å². The van der Waals surface area contributed by atoms with Crippen molar-refractivity contribution in [3.05, 3.63) is 23.4 Å². The Morgan fingerprint density at radius 1 is 1.25 bits per heavy atom. The van der Waals surface area contributed by atoms with Crippen LogP contribution in [-0.4, -0.2) is 46.8 Å². The first-order valence-corrected chi connectivity index (χ1v) is 9.50. The van der Waals surface area contributed by atoms with Gasteiger partial charge in [0.05, 0.1) is 18.7 Å². The fraction of sp³-hybridized carbons (Fsp3) is 0.632. The van der Waals surface area contributed by atoms with E-state index < -0.39 is 42.4 Å². The van der Waals surface area contributed by atoms with E-state index in [0.29, 0.717) is 25.4 Å². The molecule has 1 saturated heterocycles. The lowest BCUT2D eigenvalue weighted by atomic mass is 9.77. The van der Waals surface area contributed by atoms with E-state index in [1.165, 1.54) is 12.1 Å². The van der Waals surface area contributed by atoms with Crippen LogP contribution in [0, 0.1) is 5.92 Å². The lowest BCUT2D eigenvalue weighted by Crippen LogP contribution is -2.44. The zero-order valence-corrected chi connectivity index (χ0v) is 15.3. The summed E-state index contributed by atoms with van der Waals surface area (Å²) in [5, 5.41) is 0. The third-order valence-electron chi connectivity index (χ3n) is 5.72. The molecular formula is C19H22F3N3O3. The standard InChI is InChI=1S/C19H22F3N3O3/c20-18(6-1-7-18)12-4-5-13(24-16(12)28-9-11-2-3-11)17(27)25-10-19(21,22)8-14(25)15(23)26/h4-5,11,14H,1-3,6-10H2,(H2,23,26)/t14-/m0/s1. The molecule has 9 heteroatoms. The molecule has 4 rings (SSSR count). The van der Waals surface area contributed by atoms with Crippen LogP contribution >= 0.6 is 0 Å². The third kappa shape index (κ3) is 3.54. The average molecular weight is 397 g/mol. The Kier molecular flexibility index (Phi) is 4.50. The van der Waals surface area contributed by atoms with Gasteiger partial charge in [-0.25, -0.2) is 18.2 Å². The molecule has 2 heterocycles. The van der Waals surface area contributed by atoms with E-state index in [-0.39, 0.29) is 17.1 Å². The van der Waals surface area contributed by atoms with E-state index in [1.807, 2.05) is 0 Å². The zero-order chi connectivity index (χ0) is 20.1. The van der Waals surface area contributed by atoms with Gasteiger partial charge in [0.15, 0.2) is 0 Å². The molecule has 3 aliphatic rings. The molecule has 1 aromatic rings. The minimum atomic E-state index is -3.20. The number of nitrogens with zero attached hydrogens (tertiary/aromatic N) is 2. The largest absolute Gasteiger partial charge is 0.477 e. The molecule has 1 aromatic heterocycles. The predicted octanol–water partition coefficient (Wildman–Crippen LogP) is 2.55. The molecule has 1 atom stereocenters. The number of primary amides is 1. The maximum atomic E-state index is 15.0. The van der Waals surface area contributed by atoms with Gasteiger partial charge < -0.3 is 15.4 Å². The number of hydrogen-bond donors (Lipinski definition) is 1. The van der Waals surface area contributed by atoms with Crippen LogP contribution < -0.4 is 10.5 Å². The van der Waals surface area contributed by atoms with E-state index in [2.05, 4.69) is 4.98 Å². The lowest BCUT2D eigenvalue weighted by Gasteiger charge is -2.35. The summed E-state index contributed by atoms with van der Waals surface area (Å²) in [6.45, 7) is -0.534. The van der Waals surface area contributed by atoms with Crippen molar-refractivity contribution in [2.45, 2.75) is 56.2 Å². The van der Waals surface area contributed by atoms with E-state index in [4.69, 9.17) is 10.5 Å². The van der Waals surface area contributed by atoms with Crippen LogP contribution in [0.15, 0.2) is 12.1 Å². The highest BCUT2D eigenvalue weighted by atomic mass is 19.3. The molecule has 0 unspecified atom stereocenters. The van der Waals surface area contributed by atoms with Crippen molar-refractivity contribution in [3.63, 3.8) is 0 Å². The SMILES string of the molecule is NC(=O)[C@@H]1CC(F)(F)CN1C(=O)c1ccc(C2(F)CCC2)c(OCC2CC2)n1. The first-order chi connectivity index (χ1) is 13.2. The molecule has 2 amide bonds. The summed E-state index contributed by atoms with van der Waals surface area (Å²) in [6.07, 6.45) is 2.69. The molecule has 28 heavy (non-hydrogen) atoms. The third-order valence-corrected chi connectivity index (χ3v) is 5.72. The smallest absolute Gasteiger partial charge is 0.273 e. The summed E-state index contributed by atoms with van der Waals surface area (Å²) in [5.41, 5.74) is 3.77. The average Bonchev–Trinajstić information content (AvgIpc) is 3.38. The van der Waals surface area contributed by atoms with Gasteiger partial charge in [0, 0.05) is 6.42 Å². The maximum absolute atomic E-state index is 15.0. The minimum Gasteiger partial charge on any atom is -0.477 e. The number of aromatic nitrogens is 1. The van der Waals surface area contributed by atoms with Gasteiger partial charge in [-0.05, 0) is 50.2 Å². The molecule has 0 bridgehead atoms. The Balaban J connectivity index is 1.62. The number of ether oxygens (including phenoxy) is 1. The molecule has 6 nitrogen and oxygen atoms in total. The van der Waals surface area contributed by atoms with Crippen molar-refractivity contribution in [2.75, 3.05) is 13.2 Å². The highest BCUT2D eigenvalue weighted by Gasteiger charge is 2.50. The molecule has 2 aliphatic carbocycles. The number of alkyl halides is 3. The Morgan fingerprint density at radius 3 is 2.54 bits per heavy atom. The van der Waals surface area contributed by atoms with Gasteiger partial charge in [-0.15, -0.1) is 0 Å². The molecule has 152 valence electrons. The quantitative estimate of drug-likeness (QED) is 0.800. The number of amides is 2. The number of carbonyl (C=O) groups is 2. The van der Waals surface area contributed by atoms with E-state index in [9.17, 15) is 22.8 Å². The van der Waals surface area contributed by atoms with Crippen LogP contribution in [0.2, 0.25) is 0 Å². The highest BCUT2D eigenvalue weighted by Crippen LogP contribution is 2.48. The van der Waals surface area contributed by atoms with Gasteiger partial charge in [0.1, 0.15) is 17.4 Å². The van der Waals surface area contributed by atoms with Crippen LogP contribution in [0.3, 0.4) is 0 Å². The Bertz CT molecular complexity index is 809. The second-order valence-corrected chi connectivity index (χ2v) is 8.03. The molecule has 3 fully saturated rings. The highest BCUT2D eigenvalue weighted by molar-refractivity contribution is 5.96. The number of rotatable bonds is 6. The monoisotopic (exact) mass is 397 g/mol. The normalized spacial score (nSPS) is 25.2. The Labute approximate surface area is 160 Å². The Hall–Kier alpha value is -2.32. The number of pyridine rings is 1. The summed E-state index contributed by atoms with van der Waals surface area (Å²) in [7, 11) is 0. The lowest BCUT2D eigenvalue weighted by molar-refractivity contribution is -0.121. The molecule has 2 saturated carbocycles. The molecular weight excluding hydrogens is 375 g/mol. The molecule has 1 aliphatic heterocycles. The first-order valence-electron chi connectivity index (χ1n) is 9.50. The van der Waals surface area contributed by atoms with Crippen molar-refractivity contribution < 1.29 is 27.5 Å². The Morgan fingerprint density at radius 2 is 1.96 bits per heavy atom. The van der Waals surface area contributed by atoms with Crippen LogP contribution in [0.4, 0.5) is 13.2 Å². The zero-order valence-electron chi connectivity index (χ0n) is 15.3. The summed E-state index contributed by atoms with van der Waals surface area (Å²) >= 11 is 0. The molecule has 2 N–H and O–H groups in total. The van der Waals surface area contributed by atoms with Crippen molar-refractivity contribution in [2.24, 2.45) is 11.7 Å². The first kappa shape index (κ1) is 19.0. The number of hydrogen-bond acceptors (Lipinski definition) is 4. The van der Waals surface area contributed by atoms with Gasteiger partial charge in [-0.1, -0.05) is 0 Å². The topological polar surface area (TPSA) is 85.5 Å². The fourth-order valence-electron chi connectivity index (χ4n) is 3.68. The molecule has 0 aromatic carbocycles. The predicted molar refractivity (Wildman–Crippen MR) is 92.7 cm³/mol. The van der Waals surface area contributed by atoms with Crippen molar-refractivity contribution >= 4 is 11.8 Å². The number of likely N-dealkylation sites (tertiary alicyclic amines) is 1. The minimum absolute atomic E-state index is 0.0292. The summed E-state index contributed by atoms with van der Waals surface area (Å²) in [4.78, 5) is 29.2. The summed E-state index contributed by atoms with van der Waals surface area (Å²) in [5.74, 6) is -4.62. The van der Waals surface area contributed by atoms with E-state index in [1.54, 1.807) is 0 Å². The van der Waals surface area contributed by atoms with Gasteiger partial charge in [0.25, 0.3) is 11.8 Å². The summed E-state index contributed by atoms with van der Waals surface area (Å²) in [6, 6.07) is 1.34. The second-order valence-electron chi connectivity index (χ2n) is 8.03. The fourth-order valence-corrected chi connectivity index (χ4v) is 3.68. The molecule has 0 radical (unpaired) electrons. The van der Waals surface area contributed by atoms with Crippen molar-refractivity contribution in [1.82, 2.24) is 9.88 Å². The summed E-state index contributed by atoms with van der Waals surface area (Å²) < 4.78 is 48.2. The van der Waals surface area contributed by atoms with E-state index in [0.717, 1.165) is 24.2 Å². The number of halogens is 3. The van der Waals surface area contributed by atoms with Crippen molar-refractivity contribution in [1.29, 1.82) is 0 Å².